The van der Waals surface area contributed by atoms with Gasteiger partial charge in [0.05, 0.1) is 23.0 Å². The number of piperidine rings is 2. The first-order chi connectivity index (χ1) is 35.0. The number of aryl methyl sites for hydroxylation is 1. The number of carbonyl (C=O) groups is 5. The van der Waals surface area contributed by atoms with Crippen LogP contribution in [0.25, 0.3) is 11.1 Å². The minimum atomic E-state index is -0.976. The highest BCUT2D eigenvalue weighted by Crippen LogP contribution is 2.49. The maximum absolute atomic E-state index is 14.0. The minimum Gasteiger partial charge on any atom is -0.371 e. The second-order valence-corrected chi connectivity index (χ2v) is 22.6. The highest BCUT2D eigenvalue weighted by Gasteiger charge is 2.47. The molecule has 4 fully saturated rings. The Labute approximate surface area is 424 Å². The van der Waals surface area contributed by atoms with Gasteiger partial charge in [0, 0.05) is 101 Å². The van der Waals surface area contributed by atoms with Crippen molar-refractivity contribution in [2.24, 2.45) is 17.9 Å². The average molecular weight is 986 g/mol. The number of hydrogen-bond donors (Lipinski definition) is 2. The van der Waals surface area contributed by atoms with Gasteiger partial charge in [0.1, 0.15) is 29.1 Å². The number of imide groups is 2. The number of fused-ring (bicyclic) bond motifs is 4. The molecule has 0 bridgehead atoms. The largest absolute Gasteiger partial charge is 0.371 e. The van der Waals surface area contributed by atoms with Crippen LogP contribution < -0.4 is 30.9 Å². The van der Waals surface area contributed by atoms with Crippen molar-refractivity contribution in [3.8, 4) is 11.1 Å². The monoisotopic (exact) mass is 985 g/mol. The number of carbonyl (C=O) groups excluding carboxylic acids is 5. The van der Waals surface area contributed by atoms with Crippen molar-refractivity contribution >= 4 is 58.2 Å². The average Bonchev–Trinajstić information content (AvgIpc) is 4.09. The molecule has 9 heterocycles. The third kappa shape index (κ3) is 8.10. The molecule has 5 amide bonds. The number of anilines is 5. The molecule has 12 rings (SSSR count). The number of nitrogens with one attached hydrogen (secondary N) is 2. The Bertz CT molecular complexity index is 3200. The summed E-state index contributed by atoms with van der Waals surface area (Å²) >= 11 is 0. The van der Waals surface area contributed by atoms with Gasteiger partial charge in [-0.2, -0.15) is 0 Å². The van der Waals surface area contributed by atoms with Crippen LogP contribution in [0.3, 0.4) is 0 Å². The molecule has 378 valence electrons. The van der Waals surface area contributed by atoms with E-state index in [9.17, 15) is 28.8 Å². The minimum absolute atomic E-state index is 0.0301. The molecule has 5 aromatic rings. The molecule has 5 aliphatic heterocycles. The van der Waals surface area contributed by atoms with Crippen LogP contribution in [0.5, 0.6) is 0 Å². The van der Waals surface area contributed by atoms with E-state index in [1.807, 2.05) is 49.6 Å². The maximum atomic E-state index is 14.0. The van der Waals surface area contributed by atoms with Gasteiger partial charge < -0.3 is 24.3 Å². The zero-order valence-electron chi connectivity index (χ0n) is 42.4. The summed E-state index contributed by atoms with van der Waals surface area (Å²) in [7, 11) is 1.75. The molecule has 2 aliphatic carbocycles. The molecule has 0 radical (unpaired) electrons. The van der Waals surface area contributed by atoms with E-state index in [1.54, 1.807) is 28.8 Å². The third-order valence-electron chi connectivity index (χ3n) is 17.4. The number of nitrogens with zero attached hydrogens (tertiary/aromatic N) is 9. The molecule has 17 nitrogen and oxygen atoms in total. The van der Waals surface area contributed by atoms with Gasteiger partial charge >= 0.3 is 0 Å². The molecule has 73 heavy (non-hydrogen) atoms. The molecule has 1 unspecified atom stereocenters. The highest BCUT2D eigenvalue weighted by atomic mass is 16.2. The predicted octanol–water partition coefficient (Wildman–Crippen LogP) is 6.23. The Balaban J connectivity index is 0.658. The van der Waals surface area contributed by atoms with E-state index in [0.717, 1.165) is 104 Å². The standard InChI is InChI=1S/C56H63N11O6/c1-33-31-63(38-12-14-56(28-38)15-18-62(19-16-56)37-6-8-41-42(26-37)52(71)67(51(41)70)44-9-11-48(68)60-50(44)69)20-21-64(33)39-7-10-47(58-30-39)59-43-24-36(32-61(5)53(43)72)40-13-17-57-49(34(40)2)66-23-22-65-45(54(66)73)25-35-27-55(3,4)29-46(35)65/h6-8,10,13,17,24-26,30,32-33,38,44H,9,11-12,14-16,18-23,27-29,31H2,1-5H3,(H,58,59)(H,60,68,69)/t33-,38+,44?/m0/s1. The van der Waals surface area contributed by atoms with E-state index in [2.05, 4.69) is 62.8 Å². The lowest BCUT2D eigenvalue weighted by Crippen LogP contribution is -2.54. The van der Waals surface area contributed by atoms with Crippen LogP contribution in [-0.4, -0.2) is 116 Å². The van der Waals surface area contributed by atoms with Gasteiger partial charge in [-0.05, 0) is 141 Å². The van der Waals surface area contributed by atoms with E-state index in [-0.39, 0.29) is 47.1 Å². The van der Waals surface area contributed by atoms with E-state index in [1.165, 1.54) is 30.5 Å². The summed E-state index contributed by atoms with van der Waals surface area (Å²) in [6.07, 6.45) is 13.3. The van der Waals surface area contributed by atoms with Gasteiger partial charge in [0.15, 0.2) is 0 Å². The molecular formula is C56H63N11O6. The summed E-state index contributed by atoms with van der Waals surface area (Å²) in [4.78, 5) is 98.4. The SMILES string of the molecule is Cc1c(-c2cc(Nc3ccc(N4CCN([C@@H]5CCC6(CCN(c7ccc8c(c7)C(=O)N(C7CCC(=O)NC7=O)C8=O)CC6)C5)C[C@@H]4C)cn3)c(=O)n(C)c2)ccnc1N1CCn2c(cc3c2CC(C)(C)C3)C1=O. The quantitative estimate of drug-likeness (QED) is 0.168. The Morgan fingerprint density at radius 3 is 2.34 bits per heavy atom. The van der Waals surface area contributed by atoms with Gasteiger partial charge in [-0.3, -0.25) is 48.8 Å². The van der Waals surface area contributed by atoms with Crippen LogP contribution in [0.4, 0.5) is 28.7 Å². The number of hydrogen-bond acceptors (Lipinski definition) is 12. The van der Waals surface area contributed by atoms with Crippen molar-refractivity contribution in [2.45, 2.75) is 110 Å². The second-order valence-electron chi connectivity index (χ2n) is 22.6. The van der Waals surface area contributed by atoms with Gasteiger partial charge in [-0.15, -0.1) is 0 Å². The molecular weight excluding hydrogens is 923 g/mol. The number of rotatable bonds is 8. The van der Waals surface area contributed by atoms with Crippen LogP contribution >= 0.6 is 0 Å². The topological polar surface area (TPSA) is 178 Å². The third-order valence-corrected chi connectivity index (χ3v) is 17.4. The Morgan fingerprint density at radius 2 is 1.58 bits per heavy atom. The first-order valence-corrected chi connectivity index (χ1v) is 26.1. The van der Waals surface area contributed by atoms with Gasteiger partial charge in [-0.1, -0.05) is 13.8 Å². The number of aromatic nitrogens is 4. The molecule has 1 saturated carbocycles. The van der Waals surface area contributed by atoms with E-state index in [0.29, 0.717) is 41.0 Å². The molecule has 2 N–H and O–H groups in total. The van der Waals surface area contributed by atoms with E-state index >= 15 is 0 Å². The Hall–Kier alpha value is -7.14. The lowest BCUT2D eigenvalue weighted by molar-refractivity contribution is -0.136. The van der Waals surface area contributed by atoms with Gasteiger partial charge in [0.25, 0.3) is 23.3 Å². The first kappa shape index (κ1) is 46.9. The van der Waals surface area contributed by atoms with Gasteiger partial charge in [0.2, 0.25) is 11.8 Å². The Morgan fingerprint density at radius 1 is 0.781 bits per heavy atom. The number of piperazine rings is 1. The maximum Gasteiger partial charge on any atom is 0.276 e. The summed E-state index contributed by atoms with van der Waals surface area (Å²) in [5.74, 6) is -0.766. The van der Waals surface area contributed by atoms with E-state index in [4.69, 9.17) is 9.97 Å². The summed E-state index contributed by atoms with van der Waals surface area (Å²) in [6.45, 7) is 14.7. The normalized spacial score (nSPS) is 23.6. The molecule has 3 atom stereocenters. The number of pyridine rings is 3. The highest BCUT2D eigenvalue weighted by molar-refractivity contribution is 6.23. The fourth-order valence-electron chi connectivity index (χ4n) is 13.5. The van der Waals surface area contributed by atoms with Crippen molar-refractivity contribution in [1.29, 1.82) is 0 Å². The molecule has 7 aliphatic rings. The lowest BCUT2D eigenvalue weighted by atomic mass is 9.76. The molecule has 4 aromatic heterocycles. The summed E-state index contributed by atoms with van der Waals surface area (Å²) in [5.41, 5.74) is 9.21. The summed E-state index contributed by atoms with van der Waals surface area (Å²) in [6, 6.07) is 15.2. The summed E-state index contributed by atoms with van der Waals surface area (Å²) in [5, 5.41) is 5.58. The van der Waals surface area contributed by atoms with Crippen molar-refractivity contribution in [2.75, 3.05) is 59.3 Å². The van der Waals surface area contributed by atoms with E-state index < -0.39 is 23.8 Å². The van der Waals surface area contributed by atoms with Gasteiger partial charge in [-0.25, -0.2) is 9.97 Å². The van der Waals surface area contributed by atoms with Crippen LogP contribution in [0.15, 0.2) is 71.9 Å². The van der Waals surface area contributed by atoms with Crippen molar-refractivity contribution < 1.29 is 24.0 Å². The van der Waals surface area contributed by atoms with Crippen molar-refractivity contribution in [3.05, 3.63) is 111 Å². The smallest absolute Gasteiger partial charge is 0.276 e. The van der Waals surface area contributed by atoms with Crippen LogP contribution in [-0.2, 0) is 36.0 Å². The zero-order chi connectivity index (χ0) is 50.7. The van der Waals surface area contributed by atoms with Crippen LogP contribution in [0.2, 0.25) is 0 Å². The Kier molecular flexibility index (Phi) is 11.3. The summed E-state index contributed by atoms with van der Waals surface area (Å²) < 4.78 is 3.80. The fourth-order valence-corrected chi connectivity index (χ4v) is 13.5. The predicted molar refractivity (Wildman–Crippen MR) is 277 cm³/mol. The van der Waals surface area contributed by atoms with Crippen molar-refractivity contribution in [3.63, 3.8) is 0 Å². The number of benzene rings is 1. The number of amides is 5. The van der Waals surface area contributed by atoms with Crippen LogP contribution in [0.1, 0.15) is 114 Å². The first-order valence-electron chi connectivity index (χ1n) is 26.1. The zero-order valence-corrected chi connectivity index (χ0v) is 42.4. The fraction of sp³-hybridized carbons (Fsp3) is 0.464. The lowest BCUT2D eigenvalue weighted by Gasteiger charge is -2.45. The van der Waals surface area contributed by atoms with Crippen molar-refractivity contribution in [1.82, 2.24) is 34.2 Å². The second kappa shape index (κ2) is 17.5. The molecule has 1 spiro atoms. The van der Waals surface area contributed by atoms with Crippen LogP contribution in [0, 0.1) is 17.8 Å². The molecule has 3 saturated heterocycles. The molecule has 17 heteroatoms. The molecule has 1 aromatic carbocycles.